The van der Waals surface area contributed by atoms with Crippen molar-refractivity contribution in [3.8, 4) is 6.07 Å². The highest BCUT2D eigenvalue weighted by molar-refractivity contribution is 5.74. The Morgan fingerprint density at radius 2 is 2.50 bits per heavy atom. The average Bonchev–Trinajstić information content (AvgIpc) is 2.73. The molecule has 2 rings (SSSR count). The van der Waals surface area contributed by atoms with Crippen LogP contribution in [0.2, 0.25) is 0 Å². The minimum absolute atomic E-state index is 0.418. The van der Waals surface area contributed by atoms with E-state index in [4.69, 9.17) is 10.4 Å². The van der Waals surface area contributed by atoms with Crippen LogP contribution in [0.25, 0.3) is 0 Å². The van der Waals surface area contributed by atoms with Crippen LogP contribution >= 0.6 is 0 Å². The first-order valence-corrected chi connectivity index (χ1v) is 5.85. The normalized spacial score (nSPS) is 23.8. The quantitative estimate of drug-likeness (QED) is 0.867. The topological polar surface area (TPSA) is 77.2 Å². The van der Waals surface area contributed by atoms with Gasteiger partial charge in [0.15, 0.2) is 0 Å². The van der Waals surface area contributed by atoms with E-state index in [1.54, 1.807) is 19.2 Å². The largest absolute Gasteiger partial charge is 0.481 e. The molecule has 0 saturated carbocycles. The Labute approximate surface area is 106 Å². The minimum atomic E-state index is -0.753. The third kappa shape index (κ3) is 2.34. The van der Waals surface area contributed by atoms with Gasteiger partial charge in [0, 0.05) is 24.8 Å². The maximum atomic E-state index is 11.2. The zero-order valence-corrected chi connectivity index (χ0v) is 10.3. The molecule has 2 heterocycles. The molecule has 0 aliphatic carbocycles. The van der Waals surface area contributed by atoms with E-state index in [-0.39, 0.29) is 0 Å². The molecule has 1 fully saturated rings. The van der Waals surface area contributed by atoms with Gasteiger partial charge in [0.2, 0.25) is 0 Å². The highest BCUT2D eigenvalue weighted by atomic mass is 16.4. The lowest BCUT2D eigenvalue weighted by molar-refractivity contribution is -0.147. The number of carboxylic acids is 1. The van der Waals surface area contributed by atoms with E-state index in [1.807, 2.05) is 6.07 Å². The van der Waals surface area contributed by atoms with E-state index in [1.165, 1.54) is 0 Å². The van der Waals surface area contributed by atoms with Crippen LogP contribution in [0.15, 0.2) is 18.3 Å². The van der Waals surface area contributed by atoms with Gasteiger partial charge in [-0.2, -0.15) is 5.26 Å². The van der Waals surface area contributed by atoms with E-state index in [9.17, 15) is 4.79 Å². The average molecular weight is 245 g/mol. The van der Waals surface area contributed by atoms with Crippen molar-refractivity contribution in [2.45, 2.75) is 19.9 Å². The van der Waals surface area contributed by atoms with Crippen molar-refractivity contribution in [2.24, 2.45) is 5.41 Å². The predicted molar refractivity (Wildman–Crippen MR) is 64.6 cm³/mol. The molecule has 0 bridgehead atoms. The second-order valence-electron chi connectivity index (χ2n) is 4.95. The summed E-state index contributed by atoms with van der Waals surface area (Å²) in [5.74, 6) is -0.753. The Hall–Kier alpha value is -1.93. The lowest BCUT2D eigenvalue weighted by Gasteiger charge is -2.20. The highest BCUT2D eigenvalue weighted by Crippen LogP contribution is 2.31. The zero-order chi connectivity index (χ0) is 13.2. The smallest absolute Gasteiger partial charge is 0.310 e. The molecule has 0 aromatic carbocycles. The van der Waals surface area contributed by atoms with Gasteiger partial charge in [-0.3, -0.25) is 9.69 Å². The van der Waals surface area contributed by atoms with Crippen LogP contribution in [0.5, 0.6) is 0 Å². The van der Waals surface area contributed by atoms with Gasteiger partial charge in [0.05, 0.1) is 5.41 Å². The zero-order valence-electron chi connectivity index (χ0n) is 10.3. The van der Waals surface area contributed by atoms with E-state index >= 15 is 0 Å². The summed E-state index contributed by atoms with van der Waals surface area (Å²) in [6.07, 6.45) is 2.23. The van der Waals surface area contributed by atoms with Gasteiger partial charge in [0.1, 0.15) is 11.8 Å². The van der Waals surface area contributed by atoms with Crippen molar-refractivity contribution >= 4 is 5.97 Å². The monoisotopic (exact) mass is 245 g/mol. The first-order chi connectivity index (χ1) is 8.55. The van der Waals surface area contributed by atoms with Gasteiger partial charge in [-0.25, -0.2) is 4.98 Å². The van der Waals surface area contributed by atoms with Gasteiger partial charge in [-0.05, 0) is 26.0 Å². The first kappa shape index (κ1) is 12.5. The summed E-state index contributed by atoms with van der Waals surface area (Å²) in [5, 5.41) is 18.1. The van der Waals surface area contributed by atoms with Crippen LogP contribution in [0.1, 0.15) is 24.6 Å². The number of carbonyl (C=O) groups is 1. The molecule has 1 N–H and O–H groups in total. The summed E-state index contributed by atoms with van der Waals surface area (Å²) in [7, 11) is 0. The number of nitrogens with zero attached hydrogens (tertiary/aromatic N) is 3. The number of carboxylic acid groups (broad SMARTS) is 1. The molecule has 1 atom stereocenters. The van der Waals surface area contributed by atoms with E-state index in [2.05, 4.69) is 16.0 Å². The van der Waals surface area contributed by atoms with Crippen LogP contribution in [0.4, 0.5) is 0 Å². The van der Waals surface area contributed by atoms with Gasteiger partial charge in [0.25, 0.3) is 0 Å². The second-order valence-corrected chi connectivity index (χ2v) is 4.95. The Morgan fingerprint density at radius 3 is 3.11 bits per heavy atom. The number of rotatable bonds is 3. The number of aliphatic carboxylic acids is 1. The molecule has 5 heteroatoms. The van der Waals surface area contributed by atoms with E-state index < -0.39 is 11.4 Å². The molecule has 1 aliphatic heterocycles. The SMILES string of the molecule is CC1(C(=O)O)CCN(Cc2cccnc2C#N)C1. The van der Waals surface area contributed by atoms with Gasteiger partial charge in [-0.15, -0.1) is 0 Å². The summed E-state index contributed by atoms with van der Waals surface area (Å²) < 4.78 is 0. The van der Waals surface area contributed by atoms with Crippen LogP contribution < -0.4 is 0 Å². The van der Waals surface area contributed by atoms with Gasteiger partial charge in [-0.1, -0.05) is 6.07 Å². The van der Waals surface area contributed by atoms with Crippen molar-refractivity contribution in [3.05, 3.63) is 29.6 Å². The number of hydrogen-bond acceptors (Lipinski definition) is 4. The Bertz CT molecular complexity index is 509. The van der Waals surface area contributed by atoms with Crippen molar-refractivity contribution in [3.63, 3.8) is 0 Å². The molecule has 5 nitrogen and oxygen atoms in total. The summed E-state index contributed by atoms with van der Waals surface area (Å²) in [4.78, 5) is 17.2. The summed E-state index contributed by atoms with van der Waals surface area (Å²) in [6.45, 7) is 3.61. The van der Waals surface area contributed by atoms with E-state index in [0.717, 1.165) is 12.1 Å². The molecule has 94 valence electrons. The lowest BCUT2D eigenvalue weighted by atomic mass is 9.90. The molecule has 1 unspecified atom stereocenters. The molecule has 1 aliphatic rings. The molecule has 0 spiro atoms. The van der Waals surface area contributed by atoms with Crippen LogP contribution in [-0.2, 0) is 11.3 Å². The standard InChI is InChI=1S/C13H15N3O2/c1-13(12(17)18)4-6-16(9-13)8-10-3-2-5-15-11(10)7-14/h2-3,5H,4,6,8-9H2,1H3,(H,17,18). The Balaban J connectivity index is 2.09. The van der Waals surface area contributed by atoms with Crippen LogP contribution in [-0.4, -0.2) is 34.0 Å². The molecule has 0 amide bonds. The van der Waals surface area contributed by atoms with Crippen molar-refractivity contribution in [1.29, 1.82) is 5.26 Å². The molecule has 1 aromatic rings. The second kappa shape index (κ2) is 4.75. The molecule has 1 saturated heterocycles. The highest BCUT2D eigenvalue weighted by Gasteiger charge is 2.40. The predicted octanol–water partition coefficient (Wildman–Crippen LogP) is 1.25. The van der Waals surface area contributed by atoms with E-state index in [0.29, 0.717) is 25.2 Å². The third-order valence-corrected chi connectivity index (χ3v) is 3.46. The number of likely N-dealkylation sites (tertiary alicyclic amines) is 1. The summed E-state index contributed by atoms with van der Waals surface area (Å²) in [6, 6.07) is 5.72. The fraction of sp³-hybridized carbons (Fsp3) is 0.462. The molecular weight excluding hydrogens is 230 g/mol. The van der Waals surface area contributed by atoms with Gasteiger partial charge < -0.3 is 5.11 Å². The van der Waals surface area contributed by atoms with Crippen molar-refractivity contribution in [1.82, 2.24) is 9.88 Å². The number of pyridine rings is 1. The fourth-order valence-corrected chi connectivity index (χ4v) is 2.27. The van der Waals surface area contributed by atoms with Crippen LogP contribution in [0, 0.1) is 16.7 Å². The molecule has 1 aromatic heterocycles. The minimum Gasteiger partial charge on any atom is -0.481 e. The summed E-state index contributed by atoms with van der Waals surface area (Å²) >= 11 is 0. The molecule has 0 radical (unpaired) electrons. The number of hydrogen-bond donors (Lipinski definition) is 1. The molecular formula is C13H15N3O2. The first-order valence-electron chi connectivity index (χ1n) is 5.85. The Morgan fingerprint density at radius 1 is 1.72 bits per heavy atom. The number of nitriles is 1. The third-order valence-electron chi connectivity index (χ3n) is 3.46. The summed E-state index contributed by atoms with van der Waals surface area (Å²) in [5.41, 5.74) is 0.603. The lowest BCUT2D eigenvalue weighted by Crippen LogP contribution is -2.31. The maximum Gasteiger partial charge on any atom is 0.310 e. The van der Waals surface area contributed by atoms with Crippen molar-refractivity contribution < 1.29 is 9.90 Å². The van der Waals surface area contributed by atoms with Crippen LogP contribution in [0.3, 0.4) is 0 Å². The van der Waals surface area contributed by atoms with Gasteiger partial charge >= 0.3 is 5.97 Å². The Kier molecular flexibility index (Phi) is 3.30. The fourth-order valence-electron chi connectivity index (χ4n) is 2.27. The van der Waals surface area contributed by atoms with Crippen molar-refractivity contribution in [2.75, 3.05) is 13.1 Å². The molecule has 18 heavy (non-hydrogen) atoms. The number of aromatic nitrogens is 1. The maximum absolute atomic E-state index is 11.2.